The summed E-state index contributed by atoms with van der Waals surface area (Å²) in [7, 11) is 0. The Morgan fingerprint density at radius 1 is 0.742 bits per heavy atom. The van der Waals surface area contributed by atoms with Crippen molar-refractivity contribution in [2.24, 2.45) is 0 Å². The van der Waals surface area contributed by atoms with Crippen molar-refractivity contribution < 1.29 is 44.0 Å². The Balaban J connectivity index is 2.45. The van der Waals surface area contributed by atoms with Gasteiger partial charge < -0.3 is 14.9 Å². The largest absolute Gasteiger partial charge is 0.465 e. The molecule has 4 N–H and O–H groups in total. The number of nitrogens with one attached hydrogen (secondary N) is 2. The molecule has 15 nitrogen and oxygen atoms in total. The molecule has 15 heteroatoms. The number of benzene rings is 2. The fourth-order valence-electron chi connectivity index (χ4n) is 2.27. The zero-order chi connectivity index (χ0) is 23.3. The Morgan fingerprint density at radius 3 is 1.39 bits per heavy atom. The first kappa shape index (κ1) is 22.2. The van der Waals surface area contributed by atoms with E-state index in [0.29, 0.717) is 12.1 Å². The number of ether oxygens (including phenoxy) is 1. The van der Waals surface area contributed by atoms with Crippen LogP contribution in [0.3, 0.4) is 0 Å². The van der Waals surface area contributed by atoms with Gasteiger partial charge >= 0.3 is 24.1 Å². The van der Waals surface area contributed by atoms with Crippen LogP contribution in [-0.2, 0) is 4.74 Å². The van der Waals surface area contributed by atoms with Gasteiger partial charge in [-0.3, -0.25) is 30.9 Å². The van der Waals surface area contributed by atoms with Gasteiger partial charge in [-0.1, -0.05) is 0 Å². The van der Waals surface area contributed by atoms with Gasteiger partial charge in [0.2, 0.25) is 0 Å². The average Bonchev–Trinajstić information content (AvgIpc) is 2.67. The van der Waals surface area contributed by atoms with Crippen LogP contribution >= 0.6 is 0 Å². The first-order valence-electron chi connectivity index (χ1n) is 7.83. The van der Waals surface area contributed by atoms with Crippen LogP contribution in [0.2, 0.25) is 0 Å². The minimum Gasteiger partial charge on any atom is -0.465 e. The van der Waals surface area contributed by atoms with Crippen LogP contribution in [0.25, 0.3) is 0 Å². The number of non-ortho nitro benzene ring substituents is 2. The van der Waals surface area contributed by atoms with E-state index >= 15 is 0 Å². The molecule has 0 aliphatic heterocycles. The predicted molar refractivity (Wildman–Crippen MR) is 99.2 cm³/mol. The van der Waals surface area contributed by atoms with Crippen LogP contribution in [0.4, 0.5) is 32.3 Å². The maximum absolute atomic E-state index is 12.4. The van der Waals surface area contributed by atoms with E-state index in [-0.39, 0.29) is 0 Å². The van der Waals surface area contributed by atoms with E-state index in [2.05, 4.69) is 4.74 Å². The zero-order valence-corrected chi connectivity index (χ0v) is 14.9. The number of anilines is 2. The molecule has 0 atom stereocenters. The number of carbonyl (C=O) groups excluding carboxylic acids is 2. The van der Waals surface area contributed by atoms with E-state index in [1.165, 1.54) is 0 Å². The van der Waals surface area contributed by atoms with Gasteiger partial charge in [-0.2, -0.15) is 0 Å². The summed E-state index contributed by atoms with van der Waals surface area (Å²) in [5.41, 5.74) is -3.55. The fourth-order valence-corrected chi connectivity index (χ4v) is 2.27. The van der Waals surface area contributed by atoms with E-state index in [1.54, 1.807) is 10.6 Å². The van der Waals surface area contributed by atoms with Gasteiger partial charge in [0.05, 0.1) is 32.3 Å². The zero-order valence-electron chi connectivity index (χ0n) is 14.9. The van der Waals surface area contributed by atoms with Crippen molar-refractivity contribution in [3.05, 3.63) is 67.8 Å². The number of carboxylic acid groups (broad SMARTS) is 2. The van der Waals surface area contributed by atoms with Crippen LogP contribution in [0, 0.1) is 20.2 Å². The Labute approximate surface area is 170 Å². The van der Waals surface area contributed by atoms with Crippen molar-refractivity contribution in [2.75, 3.05) is 10.6 Å². The molecular formula is C16H10N4O11. The molecule has 0 aromatic heterocycles. The summed E-state index contributed by atoms with van der Waals surface area (Å²) >= 11 is 0. The van der Waals surface area contributed by atoms with Crippen molar-refractivity contribution in [1.29, 1.82) is 0 Å². The molecule has 0 bridgehead atoms. The molecule has 0 unspecified atom stereocenters. The third-order valence-corrected chi connectivity index (χ3v) is 3.54. The number of esters is 2. The molecule has 2 amide bonds. The normalized spacial score (nSPS) is 9.94. The molecule has 0 saturated heterocycles. The molecule has 0 aliphatic carbocycles. The van der Waals surface area contributed by atoms with Gasteiger partial charge in [0.25, 0.3) is 11.4 Å². The summed E-state index contributed by atoms with van der Waals surface area (Å²) < 4.78 is 4.55. The molecule has 2 aromatic carbocycles. The van der Waals surface area contributed by atoms with Crippen molar-refractivity contribution in [3.8, 4) is 0 Å². The minimum absolute atomic E-state index is 0.446. The quantitative estimate of drug-likeness (QED) is 0.223. The maximum atomic E-state index is 12.4. The number of rotatable bonds is 6. The Bertz CT molecular complexity index is 1040. The number of nitro groups is 2. The molecule has 160 valence electrons. The molecule has 0 radical (unpaired) electrons. The minimum atomic E-state index is -1.62. The third kappa shape index (κ3) is 5.47. The SMILES string of the molecule is O=C(O)Nc1ccc([N+](=O)[O-])cc1C(=O)OC(=O)c1cc([N+](=O)[O-])ccc1NC(=O)O. The summed E-state index contributed by atoms with van der Waals surface area (Å²) in [6.45, 7) is 0. The van der Waals surface area contributed by atoms with Gasteiger partial charge in [0.1, 0.15) is 0 Å². The van der Waals surface area contributed by atoms with Gasteiger partial charge in [-0.25, -0.2) is 19.2 Å². The van der Waals surface area contributed by atoms with Crippen LogP contribution in [0.1, 0.15) is 20.7 Å². The monoisotopic (exact) mass is 434 g/mol. The van der Waals surface area contributed by atoms with Crippen molar-refractivity contribution in [1.82, 2.24) is 0 Å². The molecule has 0 saturated carbocycles. The fraction of sp³-hybridized carbons (Fsp3) is 0. The highest BCUT2D eigenvalue weighted by Crippen LogP contribution is 2.26. The van der Waals surface area contributed by atoms with Crippen molar-refractivity contribution in [2.45, 2.75) is 0 Å². The lowest BCUT2D eigenvalue weighted by Gasteiger charge is -2.10. The first-order valence-corrected chi connectivity index (χ1v) is 7.83. The van der Waals surface area contributed by atoms with E-state index in [4.69, 9.17) is 10.2 Å². The van der Waals surface area contributed by atoms with E-state index in [0.717, 1.165) is 24.3 Å². The molecule has 0 heterocycles. The molecule has 31 heavy (non-hydrogen) atoms. The highest BCUT2D eigenvalue weighted by molar-refractivity contribution is 6.09. The number of carbonyl (C=O) groups is 4. The van der Waals surface area contributed by atoms with Crippen LogP contribution in [0.5, 0.6) is 0 Å². The molecule has 0 spiro atoms. The second-order valence-corrected chi connectivity index (χ2v) is 5.51. The van der Waals surface area contributed by atoms with E-state index < -0.39 is 67.8 Å². The van der Waals surface area contributed by atoms with Crippen LogP contribution in [-0.4, -0.2) is 44.2 Å². The lowest BCUT2D eigenvalue weighted by molar-refractivity contribution is -0.385. The van der Waals surface area contributed by atoms with E-state index in [1.807, 2.05) is 0 Å². The lowest BCUT2D eigenvalue weighted by atomic mass is 10.1. The van der Waals surface area contributed by atoms with Crippen molar-refractivity contribution in [3.63, 3.8) is 0 Å². The summed E-state index contributed by atoms with van der Waals surface area (Å²) in [5.74, 6) is -3.07. The lowest BCUT2D eigenvalue weighted by Crippen LogP contribution is -2.19. The first-order chi connectivity index (χ1) is 14.5. The average molecular weight is 434 g/mol. The Hall–Kier alpha value is -5.08. The van der Waals surface area contributed by atoms with Gasteiger partial charge in [0, 0.05) is 24.3 Å². The summed E-state index contributed by atoms with van der Waals surface area (Å²) in [6, 6.07) is 4.84. The van der Waals surface area contributed by atoms with Gasteiger partial charge in [-0.05, 0) is 12.1 Å². The standard InChI is InChI=1S/C16H10N4O11/c21-13(9-5-7(19(27)28)1-3-11(9)17-15(23)24)31-14(22)10-6-8(20(29)30)2-4-12(10)18-16(25)26/h1-6,17-18H,(H,23,24)(H,25,26). The summed E-state index contributed by atoms with van der Waals surface area (Å²) in [5, 5.41) is 43.1. The number of nitrogens with zero attached hydrogens (tertiary/aromatic N) is 2. The molecule has 0 fully saturated rings. The second-order valence-electron chi connectivity index (χ2n) is 5.51. The topological polar surface area (TPSA) is 228 Å². The number of amides is 2. The molecule has 0 aliphatic rings. The third-order valence-electron chi connectivity index (χ3n) is 3.54. The predicted octanol–water partition coefficient (Wildman–Crippen LogP) is 2.68. The van der Waals surface area contributed by atoms with Crippen LogP contribution in [0.15, 0.2) is 36.4 Å². The number of nitro benzene ring substituents is 2. The van der Waals surface area contributed by atoms with Crippen molar-refractivity contribution >= 4 is 46.9 Å². The van der Waals surface area contributed by atoms with Gasteiger partial charge in [-0.15, -0.1) is 0 Å². The smallest absolute Gasteiger partial charge is 0.409 e. The maximum Gasteiger partial charge on any atom is 0.409 e. The Kier molecular flexibility index (Phi) is 6.41. The highest BCUT2D eigenvalue weighted by Gasteiger charge is 2.25. The number of hydrogen-bond acceptors (Lipinski definition) is 9. The van der Waals surface area contributed by atoms with Gasteiger partial charge in [0.15, 0.2) is 0 Å². The summed E-state index contributed by atoms with van der Waals surface area (Å²) in [6.07, 6.45) is -3.25. The Morgan fingerprint density at radius 2 is 1.10 bits per heavy atom. The summed E-state index contributed by atoms with van der Waals surface area (Å²) in [4.78, 5) is 66.6. The second kappa shape index (κ2) is 8.95. The number of hydrogen-bond donors (Lipinski definition) is 4. The van der Waals surface area contributed by atoms with E-state index in [9.17, 15) is 39.4 Å². The molecule has 2 rings (SSSR count). The molecular weight excluding hydrogens is 424 g/mol. The molecule has 2 aromatic rings. The van der Waals surface area contributed by atoms with Crippen LogP contribution < -0.4 is 10.6 Å². The highest BCUT2D eigenvalue weighted by atomic mass is 16.6.